The third kappa shape index (κ3) is 4.63. The lowest BCUT2D eigenvalue weighted by Gasteiger charge is -2.30. The van der Waals surface area contributed by atoms with Crippen molar-refractivity contribution in [1.82, 2.24) is 4.90 Å². The number of morpholine rings is 1. The molecule has 28 heavy (non-hydrogen) atoms. The topological polar surface area (TPSA) is 76.2 Å². The van der Waals surface area contributed by atoms with Crippen molar-refractivity contribution in [2.75, 3.05) is 43.8 Å². The molecule has 1 aliphatic heterocycles. The fourth-order valence-corrected chi connectivity index (χ4v) is 4.39. The molecule has 0 aliphatic carbocycles. The molecule has 2 aromatic rings. The number of carbonyl (C=O) groups excluding carboxylic acids is 1. The summed E-state index contributed by atoms with van der Waals surface area (Å²) in [5, 5.41) is 0. The highest BCUT2D eigenvalue weighted by atomic mass is 32.2. The Kier molecular flexibility index (Phi) is 6.53. The molecule has 0 unspecified atom stereocenters. The minimum absolute atomic E-state index is 0.131. The van der Waals surface area contributed by atoms with Gasteiger partial charge in [0.25, 0.3) is 10.0 Å². The van der Waals surface area contributed by atoms with Gasteiger partial charge in [-0.2, -0.15) is 0 Å². The van der Waals surface area contributed by atoms with Gasteiger partial charge < -0.3 is 14.4 Å². The van der Waals surface area contributed by atoms with Crippen LogP contribution in [0.25, 0.3) is 0 Å². The second-order valence-corrected chi connectivity index (χ2v) is 8.11. The van der Waals surface area contributed by atoms with Gasteiger partial charge in [-0.15, -0.1) is 0 Å². The number of ether oxygens (including phenoxy) is 2. The predicted octanol–water partition coefficient (Wildman–Crippen LogP) is 2.14. The molecule has 2 aromatic carbocycles. The lowest BCUT2D eigenvalue weighted by atomic mass is 10.3. The van der Waals surface area contributed by atoms with E-state index in [4.69, 9.17) is 9.47 Å². The summed E-state index contributed by atoms with van der Waals surface area (Å²) in [6, 6.07) is 14.9. The van der Waals surface area contributed by atoms with Gasteiger partial charge in [-0.05, 0) is 31.2 Å². The number of rotatable bonds is 7. The standard InChI is InChI=1S/C20H24N2O5S/c1-2-27-18-8-6-7-17(15-18)22(16-20(23)21-11-13-26-14-12-21)28(24,25)19-9-4-3-5-10-19/h3-10,15H,2,11-14,16H2,1H3. The summed E-state index contributed by atoms with van der Waals surface area (Å²) in [5.74, 6) is 0.289. The van der Waals surface area contributed by atoms with Crippen molar-refractivity contribution in [3.8, 4) is 5.75 Å². The van der Waals surface area contributed by atoms with Crippen LogP contribution in [0.5, 0.6) is 5.75 Å². The zero-order valence-corrected chi connectivity index (χ0v) is 16.6. The number of nitrogens with zero attached hydrogens (tertiary/aromatic N) is 2. The van der Waals surface area contributed by atoms with E-state index in [-0.39, 0.29) is 17.3 Å². The Morgan fingerprint density at radius 2 is 1.82 bits per heavy atom. The second-order valence-electron chi connectivity index (χ2n) is 6.25. The third-order valence-electron chi connectivity index (χ3n) is 4.39. The van der Waals surface area contributed by atoms with Crippen LogP contribution in [0.1, 0.15) is 6.92 Å². The molecule has 150 valence electrons. The van der Waals surface area contributed by atoms with Crippen LogP contribution in [-0.4, -0.2) is 58.7 Å². The molecule has 8 heteroatoms. The first-order chi connectivity index (χ1) is 13.5. The molecule has 0 atom stereocenters. The normalized spacial score (nSPS) is 14.5. The SMILES string of the molecule is CCOc1cccc(N(CC(=O)N2CCOCC2)S(=O)(=O)c2ccccc2)c1. The summed E-state index contributed by atoms with van der Waals surface area (Å²) in [6.45, 7) is 3.85. The molecule has 1 saturated heterocycles. The van der Waals surface area contributed by atoms with Crippen LogP contribution in [0, 0.1) is 0 Å². The van der Waals surface area contributed by atoms with Gasteiger partial charge in [-0.25, -0.2) is 8.42 Å². The van der Waals surface area contributed by atoms with E-state index in [1.807, 2.05) is 6.92 Å². The van der Waals surface area contributed by atoms with Gasteiger partial charge in [0.05, 0.1) is 30.4 Å². The van der Waals surface area contributed by atoms with E-state index in [0.717, 1.165) is 4.31 Å². The monoisotopic (exact) mass is 404 g/mol. The highest BCUT2D eigenvalue weighted by molar-refractivity contribution is 7.92. The Hall–Kier alpha value is -2.58. The molecule has 1 aliphatic rings. The molecule has 1 amide bonds. The number of carbonyl (C=O) groups is 1. The molecule has 7 nitrogen and oxygen atoms in total. The summed E-state index contributed by atoms with van der Waals surface area (Å²) >= 11 is 0. The third-order valence-corrected chi connectivity index (χ3v) is 6.18. The smallest absolute Gasteiger partial charge is 0.264 e. The minimum Gasteiger partial charge on any atom is -0.494 e. The summed E-state index contributed by atoms with van der Waals surface area (Å²) in [6.07, 6.45) is 0. The van der Waals surface area contributed by atoms with Gasteiger partial charge in [0.15, 0.2) is 0 Å². The van der Waals surface area contributed by atoms with Crippen molar-refractivity contribution in [2.45, 2.75) is 11.8 Å². The molecule has 1 fully saturated rings. The number of hydrogen-bond acceptors (Lipinski definition) is 5. The van der Waals surface area contributed by atoms with E-state index >= 15 is 0 Å². The molecular weight excluding hydrogens is 380 g/mol. The van der Waals surface area contributed by atoms with E-state index < -0.39 is 10.0 Å². The molecule has 0 bridgehead atoms. The van der Waals surface area contributed by atoms with Gasteiger partial charge in [0.1, 0.15) is 12.3 Å². The van der Waals surface area contributed by atoms with Crippen LogP contribution < -0.4 is 9.04 Å². The summed E-state index contributed by atoms with van der Waals surface area (Å²) in [4.78, 5) is 14.6. The van der Waals surface area contributed by atoms with Gasteiger partial charge in [0, 0.05) is 19.2 Å². The first-order valence-electron chi connectivity index (χ1n) is 9.18. The average Bonchev–Trinajstić information content (AvgIpc) is 2.73. The van der Waals surface area contributed by atoms with Crippen molar-refractivity contribution in [2.24, 2.45) is 0 Å². The Morgan fingerprint density at radius 1 is 1.11 bits per heavy atom. The van der Waals surface area contributed by atoms with E-state index in [1.54, 1.807) is 47.4 Å². The maximum atomic E-state index is 13.3. The van der Waals surface area contributed by atoms with Crippen LogP contribution in [0.15, 0.2) is 59.5 Å². The Labute approximate surface area is 165 Å². The zero-order valence-electron chi connectivity index (χ0n) is 15.8. The largest absolute Gasteiger partial charge is 0.494 e. The van der Waals surface area contributed by atoms with Crippen molar-refractivity contribution in [3.05, 3.63) is 54.6 Å². The molecule has 1 heterocycles. The van der Waals surface area contributed by atoms with E-state index in [1.165, 1.54) is 12.1 Å². The van der Waals surface area contributed by atoms with Gasteiger partial charge in [-0.3, -0.25) is 9.10 Å². The molecule has 0 spiro atoms. The van der Waals surface area contributed by atoms with Crippen LogP contribution in [0.4, 0.5) is 5.69 Å². The summed E-state index contributed by atoms with van der Waals surface area (Å²) in [7, 11) is -3.92. The van der Waals surface area contributed by atoms with Crippen molar-refractivity contribution >= 4 is 21.6 Å². The van der Waals surface area contributed by atoms with Crippen LogP contribution in [0.3, 0.4) is 0 Å². The first kappa shape index (κ1) is 20.2. The quantitative estimate of drug-likeness (QED) is 0.707. The summed E-state index contributed by atoms with van der Waals surface area (Å²) < 4.78 is 38.5. The molecular formula is C20H24N2O5S. The van der Waals surface area contributed by atoms with Gasteiger partial charge in [0.2, 0.25) is 5.91 Å². The number of hydrogen-bond donors (Lipinski definition) is 0. The van der Waals surface area contributed by atoms with Crippen molar-refractivity contribution in [3.63, 3.8) is 0 Å². The zero-order chi connectivity index (χ0) is 20.0. The van der Waals surface area contributed by atoms with Crippen LogP contribution in [0.2, 0.25) is 0 Å². The molecule has 0 saturated carbocycles. The maximum Gasteiger partial charge on any atom is 0.264 e. The van der Waals surface area contributed by atoms with E-state index in [0.29, 0.717) is 44.3 Å². The number of amides is 1. The lowest BCUT2D eigenvalue weighted by molar-refractivity contribution is -0.133. The van der Waals surface area contributed by atoms with Crippen molar-refractivity contribution in [1.29, 1.82) is 0 Å². The molecule has 3 rings (SSSR count). The highest BCUT2D eigenvalue weighted by Gasteiger charge is 2.29. The van der Waals surface area contributed by atoms with E-state index in [2.05, 4.69) is 0 Å². The second kappa shape index (κ2) is 9.07. The maximum absolute atomic E-state index is 13.3. The fraction of sp³-hybridized carbons (Fsp3) is 0.350. The number of anilines is 1. The molecule has 0 radical (unpaired) electrons. The minimum atomic E-state index is -3.92. The van der Waals surface area contributed by atoms with Crippen LogP contribution in [-0.2, 0) is 19.6 Å². The molecule has 0 aromatic heterocycles. The van der Waals surface area contributed by atoms with Gasteiger partial charge in [-0.1, -0.05) is 24.3 Å². The highest BCUT2D eigenvalue weighted by Crippen LogP contribution is 2.27. The summed E-state index contributed by atoms with van der Waals surface area (Å²) in [5.41, 5.74) is 0.386. The Bertz CT molecular complexity index is 896. The fourth-order valence-electron chi connectivity index (χ4n) is 2.97. The average molecular weight is 404 g/mol. The first-order valence-corrected chi connectivity index (χ1v) is 10.6. The Morgan fingerprint density at radius 3 is 2.50 bits per heavy atom. The number of sulfonamides is 1. The van der Waals surface area contributed by atoms with Crippen LogP contribution >= 0.6 is 0 Å². The predicted molar refractivity (Wildman–Crippen MR) is 106 cm³/mol. The number of benzene rings is 2. The van der Waals surface area contributed by atoms with Gasteiger partial charge >= 0.3 is 0 Å². The van der Waals surface area contributed by atoms with Crippen molar-refractivity contribution < 1.29 is 22.7 Å². The Balaban J connectivity index is 1.96. The molecule has 0 N–H and O–H groups in total. The lowest BCUT2D eigenvalue weighted by Crippen LogP contribution is -2.47. The van der Waals surface area contributed by atoms with E-state index in [9.17, 15) is 13.2 Å².